The lowest BCUT2D eigenvalue weighted by Gasteiger charge is -2.16. The highest BCUT2D eigenvalue weighted by Gasteiger charge is 2.04. The van der Waals surface area contributed by atoms with Crippen LogP contribution in [0.3, 0.4) is 0 Å². The van der Waals surface area contributed by atoms with Gasteiger partial charge in [0.15, 0.2) is 0 Å². The van der Waals surface area contributed by atoms with Crippen LogP contribution < -0.4 is 4.90 Å². The van der Waals surface area contributed by atoms with Crippen LogP contribution in [0, 0.1) is 0 Å². The predicted octanol–water partition coefficient (Wildman–Crippen LogP) is 2.74. The minimum atomic E-state index is 0.933. The SMILES string of the molecule is CN(C)c1ccncc1Cc1ccccc1. The summed E-state index contributed by atoms with van der Waals surface area (Å²) in [6.07, 6.45) is 4.72. The highest BCUT2D eigenvalue weighted by Crippen LogP contribution is 2.19. The van der Waals surface area contributed by atoms with Crippen LogP contribution in [0.4, 0.5) is 5.69 Å². The Labute approximate surface area is 96.6 Å². The molecule has 0 aliphatic rings. The van der Waals surface area contributed by atoms with Gasteiger partial charge in [0, 0.05) is 38.6 Å². The Hall–Kier alpha value is -1.83. The van der Waals surface area contributed by atoms with Gasteiger partial charge in [0.2, 0.25) is 0 Å². The van der Waals surface area contributed by atoms with Gasteiger partial charge >= 0.3 is 0 Å². The van der Waals surface area contributed by atoms with Crippen molar-refractivity contribution < 1.29 is 0 Å². The van der Waals surface area contributed by atoms with Crippen molar-refractivity contribution in [3.8, 4) is 0 Å². The van der Waals surface area contributed by atoms with Gasteiger partial charge in [-0.15, -0.1) is 0 Å². The van der Waals surface area contributed by atoms with Crippen LogP contribution in [0.1, 0.15) is 11.1 Å². The summed E-state index contributed by atoms with van der Waals surface area (Å²) < 4.78 is 0. The molecule has 0 aliphatic heterocycles. The van der Waals surface area contributed by atoms with Gasteiger partial charge in [-0.1, -0.05) is 30.3 Å². The molecule has 16 heavy (non-hydrogen) atoms. The van der Waals surface area contributed by atoms with Crippen molar-refractivity contribution >= 4 is 5.69 Å². The zero-order valence-electron chi connectivity index (χ0n) is 9.72. The smallest absolute Gasteiger partial charge is 0.0427 e. The van der Waals surface area contributed by atoms with Crippen LogP contribution in [-0.2, 0) is 6.42 Å². The number of pyridine rings is 1. The normalized spacial score (nSPS) is 10.1. The summed E-state index contributed by atoms with van der Waals surface area (Å²) in [6, 6.07) is 12.5. The Balaban J connectivity index is 2.28. The fourth-order valence-electron chi connectivity index (χ4n) is 1.81. The largest absolute Gasteiger partial charge is 0.377 e. The molecule has 1 aromatic heterocycles. The molecule has 0 radical (unpaired) electrons. The summed E-state index contributed by atoms with van der Waals surface area (Å²) in [5, 5.41) is 0. The van der Waals surface area contributed by atoms with Crippen LogP contribution >= 0.6 is 0 Å². The van der Waals surface area contributed by atoms with Gasteiger partial charge in [0.05, 0.1) is 0 Å². The van der Waals surface area contributed by atoms with Crippen molar-refractivity contribution in [2.75, 3.05) is 19.0 Å². The summed E-state index contributed by atoms with van der Waals surface area (Å²) in [5.41, 5.74) is 3.82. The van der Waals surface area contributed by atoms with E-state index in [2.05, 4.69) is 54.3 Å². The number of benzene rings is 1. The molecule has 1 aromatic carbocycles. The molecule has 0 bridgehead atoms. The van der Waals surface area contributed by atoms with Crippen molar-refractivity contribution in [1.82, 2.24) is 4.98 Å². The molecule has 2 heteroatoms. The van der Waals surface area contributed by atoms with Crippen LogP contribution in [0.5, 0.6) is 0 Å². The molecule has 0 saturated heterocycles. The minimum Gasteiger partial charge on any atom is -0.377 e. The predicted molar refractivity (Wildman–Crippen MR) is 67.8 cm³/mol. The van der Waals surface area contributed by atoms with Gasteiger partial charge in [0.1, 0.15) is 0 Å². The molecule has 0 N–H and O–H groups in total. The molecule has 2 rings (SSSR count). The van der Waals surface area contributed by atoms with Gasteiger partial charge in [0.25, 0.3) is 0 Å². The average Bonchev–Trinajstić information content (AvgIpc) is 2.31. The van der Waals surface area contributed by atoms with E-state index in [0.717, 1.165) is 6.42 Å². The Morgan fingerprint density at radius 3 is 2.50 bits per heavy atom. The zero-order valence-corrected chi connectivity index (χ0v) is 9.72. The summed E-state index contributed by atoms with van der Waals surface area (Å²) in [4.78, 5) is 6.32. The molecule has 2 nitrogen and oxygen atoms in total. The summed E-state index contributed by atoms with van der Waals surface area (Å²) in [6.45, 7) is 0. The lowest BCUT2D eigenvalue weighted by molar-refractivity contribution is 1.06. The third-order valence-electron chi connectivity index (χ3n) is 2.60. The first-order valence-electron chi connectivity index (χ1n) is 5.41. The Morgan fingerprint density at radius 1 is 1.06 bits per heavy atom. The number of rotatable bonds is 3. The highest BCUT2D eigenvalue weighted by atomic mass is 15.1. The number of anilines is 1. The minimum absolute atomic E-state index is 0.933. The first-order valence-corrected chi connectivity index (χ1v) is 5.41. The third kappa shape index (κ3) is 2.40. The van der Waals surface area contributed by atoms with E-state index < -0.39 is 0 Å². The fourth-order valence-corrected chi connectivity index (χ4v) is 1.81. The van der Waals surface area contributed by atoms with E-state index in [1.165, 1.54) is 16.8 Å². The van der Waals surface area contributed by atoms with Crippen molar-refractivity contribution in [3.05, 3.63) is 59.9 Å². The van der Waals surface area contributed by atoms with Crippen LogP contribution in [-0.4, -0.2) is 19.1 Å². The standard InChI is InChI=1S/C14H16N2/c1-16(2)14-8-9-15-11-13(14)10-12-6-4-3-5-7-12/h3-9,11H,10H2,1-2H3. The molecule has 82 valence electrons. The van der Waals surface area contributed by atoms with E-state index in [0.29, 0.717) is 0 Å². The second-order valence-electron chi connectivity index (χ2n) is 4.06. The molecule has 0 aliphatic carbocycles. The van der Waals surface area contributed by atoms with Crippen LogP contribution in [0.15, 0.2) is 48.8 Å². The molecule has 0 unspecified atom stereocenters. The molecule has 1 heterocycles. The summed E-state index contributed by atoms with van der Waals surface area (Å²) >= 11 is 0. The number of hydrogen-bond acceptors (Lipinski definition) is 2. The van der Waals surface area contributed by atoms with Gasteiger partial charge in [-0.2, -0.15) is 0 Å². The van der Waals surface area contributed by atoms with E-state index in [1.54, 1.807) is 0 Å². The van der Waals surface area contributed by atoms with Gasteiger partial charge < -0.3 is 4.90 Å². The molecule has 0 saturated carbocycles. The van der Waals surface area contributed by atoms with E-state index in [4.69, 9.17) is 0 Å². The molecule has 0 fully saturated rings. The Morgan fingerprint density at radius 2 is 1.81 bits per heavy atom. The lowest BCUT2D eigenvalue weighted by atomic mass is 10.1. The molecule has 2 aromatic rings. The molecule has 0 spiro atoms. The maximum atomic E-state index is 4.20. The highest BCUT2D eigenvalue weighted by molar-refractivity contribution is 5.52. The van der Waals surface area contributed by atoms with Crippen molar-refractivity contribution in [2.24, 2.45) is 0 Å². The van der Waals surface area contributed by atoms with Crippen molar-refractivity contribution in [3.63, 3.8) is 0 Å². The van der Waals surface area contributed by atoms with E-state index in [-0.39, 0.29) is 0 Å². The first kappa shape index (κ1) is 10.7. The molecular weight excluding hydrogens is 196 g/mol. The fraction of sp³-hybridized carbons (Fsp3) is 0.214. The third-order valence-corrected chi connectivity index (χ3v) is 2.60. The monoisotopic (exact) mass is 212 g/mol. The van der Waals surface area contributed by atoms with E-state index in [9.17, 15) is 0 Å². The summed E-state index contributed by atoms with van der Waals surface area (Å²) in [7, 11) is 4.12. The average molecular weight is 212 g/mol. The molecular formula is C14H16N2. The number of aromatic nitrogens is 1. The lowest BCUT2D eigenvalue weighted by Crippen LogP contribution is -2.11. The molecule has 0 amide bonds. The Bertz CT molecular complexity index is 449. The topological polar surface area (TPSA) is 16.1 Å². The second kappa shape index (κ2) is 4.79. The van der Waals surface area contributed by atoms with E-state index >= 15 is 0 Å². The summed E-state index contributed by atoms with van der Waals surface area (Å²) in [5.74, 6) is 0. The number of hydrogen-bond donors (Lipinski definition) is 0. The quantitative estimate of drug-likeness (QED) is 0.777. The maximum Gasteiger partial charge on any atom is 0.0427 e. The van der Waals surface area contributed by atoms with Crippen LogP contribution in [0.25, 0.3) is 0 Å². The molecule has 0 atom stereocenters. The zero-order chi connectivity index (χ0) is 11.4. The van der Waals surface area contributed by atoms with E-state index in [1.807, 2.05) is 18.5 Å². The van der Waals surface area contributed by atoms with Gasteiger partial charge in [-0.25, -0.2) is 0 Å². The maximum absolute atomic E-state index is 4.20. The first-order chi connectivity index (χ1) is 7.77. The van der Waals surface area contributed by atoms with Crippen molar-refractivity contribution in [1.29, 1.82) is 0 Å². The second-order valence-corrected chi connectivity index (χ2v) is 4.06. The number of nitrogens with zero attached hydrogens (tertiary/aromatic N) is 2. The Kier molecular flexibility index (Phi) is 3.20. The van der Waals surface area contributed by atoms with Crippen molar-refractivity contribution in [2.45, 2.75) is 6.42 Å². The van der Waals surface area contributed by atoms with Gasteiger partial charge in [-0.3, -0.25) is 4.98 Å². The van der Waals surface area contributed by atoms with Gasteiger partial charge in [-0.05, 0) is 17.2 Å². The van der Waals surface area contributed by atoms with Crippen LogP contribution in [0.2, 0.25) is 0 Å².